The van der Waals surface area contributed by atoms with E-state index in [9.17, 15) is 23.1 Å². The van der Waals surface area contributed by atoms with E-state index in [0.717, 1.165) is 6.07 Å². The summed E-state index contributed by atoms with van der Waals surface area (Å²) < 4.78 is 41.5. The molecule has 0 aliphatic carbocycles. The Bertz CT molecular complexity index is 971. The maximum absolute atomic E-state index is 14.4. The van der Waals surface area contributed by atoms with E-state index >= 15 is 0 Å². The molecule has 1 amide bonds. The third-order valence-corrected chi connectivity index (χ3v) is 6.98. The second-order valence-electron chi connectivity index (χ2n) is 8.92. The lowest BCUT2D eigenvalue weighted by atomic mass is 9.70. The monoisotopic (exact) mass is 432 g/mol. The third kappa shape index (κ3) is 3.85. The normalized spacial score (nSPS) is 31.1. The molecular formula is C24H27F3N2O2. The van der Waals surface area contributed by atoms with Crippen LogP contribution >= 0.6 is 0 Å². The summed E-state index contributed by atoms with van der Waals surface area (Å²) >= 11 is 0. The van der Waals surface area contributed by atoms with Gasteiger partial charge in [-0.05, 0) is 29.3 Å². The minimum Gasteiger partial charge on any atom is -0.384 e. The number of piperidine rings is 1. The quantitative estimate of drug-likeness (QED) is 0.782. The van der Waals surface area contributed by atoms with Crippen molar-refractivity contribution in [3.8, 4) is 0 Å². The Morgan fingerprint density at radius 1 is 1.03 bits per heavy atom. The van der Waals surface area contributed by atoms with E-state index in [1.807, 2.05) is 13.8 Å². The standard InChI is InChI=1S/C24H27F3N2O2/c1-14-12-29(13-15(2)24(14,31)16-4-3-5-17(25)8-16)23(30)21-11-28-10-20(21)19-7-6-18(26)9-22(19)27/h3-9,14-15,20-21,28,31H,10-13H2,1-2H3/t14?,15?,20-,21+,24?/m0/s1. The molecule has 2 saturated heterocycles. The van der Waals surface area contributed by atoms with Gasteiger partial charge in [0.05, 0.1) is 11.5 Å². The Morgan fingerprint density at radius 3 is 2.35 bits per heavy atom. The van der Waals surface area contributed by atoms with Gasteiger partial charge in [-0.1, -0.05) is 32.0 Å². The van der Waals surface area contributed by atoms with Crippen LogP contribution in [0.25, 0.3) is 0 Å². The average Bonchev–Trinajstić information content (AvgIpc) is 3.20. The summed E-state index contributed by atoms with van der Waals surface area (Å²) in [5.41, 5.74) is -0.414. The predicted octanol–water partition coefficient (Wildman–Crippen LogP) is 3.41. The maximum atomic E-state index is 14.4. The number of nitrogens with zero attached hydrogens (tertiary/aromatic N) is 1. The summed E-state index contributed by atoms with van der Waals surface area (Å²) in [6, 6.07) is 9.43. The smallest absolute Gasteiger partial charge is 0.227 e. The number of aliphatic hydroxyl groups is 1. The molecule has 2 aromatic rings. The molecule has 0 radical (unpaired) electrons. The minimum atomic E-state index is -1.25. The number of halogens is 3. The molecule has 4 rings (SSSR count). The molecule has 0 aromatic heterocycles. The lowest BCUT2D eigenvalue weighted by molar-refractivity contribution is -0.152. The van der Waals surface area contributed by atoms with Gasteiger partial charge in [-0.15, -0.1) is 0 Å². The van der Waals surface area contributed by atoms with Gasteiger partial charge in [-0.2, -0.15) is 0 Å². The number of hydrogen-bond acceptors (Lipinski definition) is 3. The molecular weight excluding hydrogens is 405 g/mol. The molecule has 2 aromatic carbocycles. The first-order valence-corrected chi connectivity index (χ1v) is 10.6. The summed E-state index contributed by atoms with van der Waals surface area (Å²) in [5, 5.41) is 14.6. The largest absolute Gasteiger partial charge is 0.384 e. The molecule has 2 heterocycles. The van der Waals surface area contributed by atoms with E-state index in [2.05, 4.69) is 5.32 Å². The first kappa shape index (κ1) is 21.8. The maximum Gasteiger partial charge on any atom is 0.227 e. The minimum absolute atomic E-state index is 0.112. The van der Waals surface area contributed by atoms with Gasteiger partial charge < -0.3 is 15.3 Å². The van der Waals surface area contributed by atoms with Gasteiger partial charge in [0.15, 0.2) is 0 Å². The molecule has 4 nitrogen and oxygen atoms in total. The van der Waals surface area contributed by atoms with Crippen molar-refractivity contribution < 1.29 is 23.1 Å². The highest BCUT2D eigenvalue weighted by molar-refractivity contribution is 5.81. The Kier molecular flexibility index (Phi) is 5.83. The first-order chi connectivity index (χ1) is 14.7. The Morgan fingerprint density at radius 2 is 1.71 bits per heavy atom. The van der Waals surface area contributed by atoms with Gasteiger partial charge in [0, 0.05) is 50.0 Å². The average molecular weight is 432 g/mol. The van der Waals surface area contributed by atoms with E-state index in [4.69, 9.17) is 0 Å². The molecule has 0 spiro atoms. The van der Waals surface area contributed by atoms with Crippen molar-refractivity contribution in [2.75, 3.05) is 26.2 Å². The molecule has 4 atom stereocenters. The third-order valence-electron chi connectivity index (χ3n) is 6.98. The van der Waals surface area contributed by atoms with Crippen LogP contribution in [0.1, 0.15) is 30.9 Å². The molecule has 2 fully saturated rings. The van der Waals surface area contributed by atoms with Crippen molar-refractivity contribution in [2.45, 2.75) is 25.4 Å². The molecule has 0 bridgehead atoms. The molecule has 2 unspecified atom stereocenters. The van der Waals surface area contributed by atoms with Crippen molar-refractivity contribution in [2.24, 2.45) is 17.8 Å². The van der Waals surface area contributed by atoms with E-state index in [0.29, 0.717) is 37.3 Å². The first-order valence-electron chi connectivity index (χ1n) is 10.6. The number of carbonyl (C=O) groups is 1. The zero-order valence-corrected chi connectivity index (χ0v) is 17.6. The van der Waals surface area contributed by atoms with Crippen molar-refractivity contribution in [1.82, 2.24) is 10.2 Å². The van der Waals surface area contributed by atoms with Crippen molar-refractivity contribution in [3.63, 3.8) is 0 Å². The number of benzene rings is 2. The summed E-state index contributed by atoms with van der Waals surface area (Å²) in [6.07, 6.45) is 0. The highest BCUT2D eigenvalue weighted by atomic mass is 19.1. The summed E-state index contributed by atoms with van der Waals surface area (Å²) in [6.45, 7) is 5.17. The Labute approximate surface area is 180 Å². The number of hydrogen-bond donors (Lipinski definition) is 2. The Balaban J connectivity index is 1.55. The highest BCUT2D eigenvalue weighted by Crippen LogP contribution is 2.42. The van der Waals surface area contributed by atoms with E-state index in [1.54, 1.807) is 17.0 Å². The van der Waals surface area contributed by atoms with Crippen LogP contribution in [0.15, 0.2) is 42.5 Å². The van der Waals surface area contributed by atoms with Crippen LogP contribution in [-0.4, -0.2) is 42.1 Å². The van der Waals surface area contributed by atoms with E-state index < -0.39 is 29.0 Å². The zero-order valence-electron chi connectivity index (χ0n) is 17.6. The summed E-state index contributed by atoms with van der Waals surface area (Å²) in [7, 11) is 0. The summed E-state index contributed by atoms with van der Waals surface area (Å²) in [4.78, 5) is 15.1. The Hall–Kier alpha value is -2.38. The number of nitrogens with one attached hydrogen (secondary N) is 1. The van der Waals surface area contributed by atoms with Crippen LogP contribution in [0.4, 0.5) is 13.2 Å². The van der Waals surface area contributed by atoms with Gasteiger partial charge in [0.1, 0.15) is 17.5 Å². The van der Waals surface area contributed by atoms with Crippen molar-refractivity contribution in [3.05, 3.63) is 71.0 Å². The molecule has 2 N–H and O–H groups in total. The van der Waals surface area contributed by atoms with Crippen molar-refractivity contribution >= 4 is 5.91 Å². The lowest BCUT2D eigenvalue weighted by Crippen LogP contribution is -2.57. The molecule has 2 aliphatic rings. The SMILES string of the molecule is CC1CN(C(=O)[C@@H]2CNC[C@H]2c2ccc(F)cc2F)CC(C)C1(O)c1cccc(F)c1. The van der Waals surface area contributed by atoms with Gasteiger partial charge >= 0.3 is 0 Å². The van der Waals surface area contributed by atoms with Gasteiger partial charge in [-0.25, -0.2) is 13.2 Å². The van der Waals surface area contributed by atoms with Crippen LogP contribution in [0.5, 0.6) is 0 Å². The summed E-state index contributed by atoms with van der Waals surface area (Å²) in [5.74, 6) is -3.32. The number of likely N-dealkylation sites (tertiary alicyclic amines) is 1. The molecule has 166 valence electrons. The molecule has 31 heavy (non-hydrogen) atoms. The van der Waals surface area contributed by atoms with E-state index in [1.165, 1.54) is 24.3 Å². The lowest BCUT2D eigenvalue weighted by Gasteiger charge is -2.48. The van der Waals surface area contributed by atoms with Crippen LogP contribution in [0.2, 0.25) is 0 Å². The molecule has 7 heteroatoms. The van der Waals surface area contributed by atoms with Gasteiger partial charge in [-0.3, -0.25) is 4.79 Å². The van der Waals surface area contributed by atoms with Gasteiger partial charge in [0.25, 0.3) is 0 Å². The molecule has 2 aliphatic heterocycles. The van der Waals surface area contributed by atoms with Crippen LogP contribution < -0.4 is 5.32 Å². The second kappa shape index (κ2) is 8.28. The zero-order chi connectivity index (χ0) is 22.3. The number of amides is 1. The van der Waals surface area contributed by atoms with Crippen LogP contribution in [0.3, 0.4) is 0 Å². The highest BCUT2D eigenvalue weighted by Gasteiger charge is 2.48. The van der Waals surface area contributed by atoms with Gasteiger partial charge in [0.2, 0.25) is 5.91 Å². The fourth-order valence-electron chi connectivity index (χ4n) is 5.29. The number of carbonyl (C=O) groups excluding carboxylic acids is 1. The van der Waals surface area contributed by atoms with E-state index in [-0.39, 0.29) is 23.7 Å². The number of rotatable bonds is 3. The van der Waals surface area contributed by atoms with Crippen molar-refractivity contribution in [1.29, 1.82) is 0 Å². The molecule has 0 saturated carbocycles. The fraction of sp³-hybridized carbons (Fsp3) is 0.458. The topological polar surface area (TPSA) is 52.6 Å². The second-order valence-corrected chi connectivity index (χ2v) is 8.92. The predicted molar refractivity (Wildman–Crippen MR) is 111 cm³/mol. The van der Waals surface area contributed by atoms with Crippen LogP contribution in [0, 0.1) is 35.2 Å². The van der Waals surface area contributed by atoms with Crippen LogP contribution in [-0.2, 0) is 10.4 Å². The fourth-order valence-corrected chi connectivity index (χ4v) is 5.29.